The summed E-state index contributed by atoms with van der Waals surface area (Å²) in [6.45, 7) is 0.915. The normalized spacial score (nSPS) is 48.5. The molecule has 0 aromatic heterocycles. The quantitative estimate of drug-likeness (QED) is 0.602. The van der Waals surface area contributed by atoms with E-state index in [1.165, 1.54) is 38.5 Å². The molecule has 2 bridgehead atoms. The van der Waals surface area contributed by atoms with Gasteiger partial charge in [-0.15, -0.1) is 0 Å². The Kier molecular flexibility index (Phi) is 1.50. The molecule has 1 heterocycles. The Hall–Kier alpha value is -0.530. The molecule has 3 unspecified atom stereocenters. The molecule has 1 N–H and O–H groups in total. The van der Waals surface area contributed by atoms with Crippen molar-refractivity contribution >= 4 is 5.91 Å². The van der Waals surface area contributed by atoms with Crippen LogP contribution >= 0.6 is 0 Å². The van der Waals surface area contributed by atoms with Crippen molar-refractivity contribution in [2.45, 2.75) is 38.5 Å². The number of hydrogen-bond donors (Lipinski definition) is 1. The number of rotatable bonds is 0. The smallest absolute Gasteiger partial charge is 0.226 e. The Morgan fingerprint density at radius 3 is 2.92 bits per heavy atom. The first-order chi connectivity index (χ1) is 6.31. The lowest BCUT2D eigenvalue weighted by molar-refractivity contribution is -0.137. The predicted molar refractivity (Wildman–Crippen MR) is 50.1 cm³/mol. The van der Waals surface area contributed by atoms with Gasteiger partial charge in [0.25, 0.3) is 0 Å². The van der Waals surface area contributed by atoms with Crippen molar-refractivity contribution in [2.24, 2.45) is 17.3 Å². The van der Waals surface area contributed by atoms with Gasteiger partial charge in [-0.25, -0.2) is 0 Å². The summed E-state index contributed by atoms with van der Waals surface area (Å²) >= 11 is 0. The first kappa shape index (κ1) is 7.84. The minimum atomic E-state index is 0.0984. The van der Waals surface area contributed by atoms with Gasteiger partial charge in [-0.3, -0.25) is 4.79 Å². The highest BCUT2D eigenvalue weighted by molar-refractivity contribution is 5.84. The standard InChI is InChI=1S/C11H17NO/c13-10-11(4-1-5-12-10)7-8-2-3-9(11)6-8/h8-9H,1-7H2,(H,12,13). The molecular formula is C11H17NO. The van der Waals surface area contributed by atoms with Crippen molar-refractivity contribution in [1.82, 2.24) is 5.32 Å². The van der Waals surface area contributed by atoms with Crippen LogP contribution < -0.4 is 5.32 Å². The third-order valence-corrected chi connectivity index (χ3v) is 4.51. The van der Waals surface area contributed by atoms with Crippen molar-refractivity contribution in [3.8, 4) is 0 Å². The molecule has 3 rings (SSSR count). The van der Waals surface area contributed by atoms with Gasteiger partial charge in [-0.2, -0.15) is 0 Å². The molecule has 2 heteroatoms. The average molecular weight is 179 g/mol. The van der Waals surface area contributed by atoms with Gasteiger partial charge in [0.1, 0.15) is 0 Å². The summed E-state index contributed by atoms with van der Waals surface area (Å²) in [7, 11) is 0. The molecule has 1 aliphatic heterocycles. The Morgan fingerprint density at radius 2 is 2.31 bits per heavy atom. The molecule has 1 amide bonds. The van der Waals surface area contributed by atoms with Crippen LogP contribution in [-0.4, -0.2) is 12.5 Å². The second-order valence-electron chi connectivity index (χ2n) is 5.10. The van der Waals surface area contributed by atoms with Gasteiger partial charge in [0.2, 0.25) is 5.91 Å². The van der Waals surface area contributed by atoms with Crippen molar-refractivity contribution in [1.29, 1.82) is 0 Å². The number of carbonyl (C=O) groups is 1. The second kappa shape index (κ2) is 2.49. The van der Waals surface area contributed by atoms with Crippen LogP contribution in [0.4, 0.5) is 0 Å². The Morgan fingerprint density at radius 1 is 1.38 bits per heavy atom. The summed E-state index contributed by atoms with van der Waals surface area (Å²) in [4.78, 5) is 11.9. The highest BCUT2D eigenvalue weighted by Crippen LogP contribution is 2.58. The topological polar surface area (TPSA) is 29.1 Å². The van der Waals surface area contributed by atoms with E-state index in [1.807, 2.05) is 0 Å². The zero-order valence-electron chi connectivity index (χ0n) is 8.01. The fraction of sp³-hybridized carbons (Fsp3) is 0.909. The van der Waals surface area contributed by atoms with E-state index in [0.29, 0.717) is 5.91 Å². The Labute approximate surface area is 79.1 Å². The minimum absolute atomic E-state index is 0.0984. The number of fused-ring (bicyclic) bond motifs is 3. The van der Waals surface area contributed by atoms with E-state index in [2.05, 4.69) is 5.32 Å². The predicted octanol–water partition coefficient (Wildman–Crippen LogP) is 1.70. The highest BCUT2D eigenvalue weighted by Gasteiger charge is 2.55. The van der Waals surface area contributed by atoms with Gasteiger partial charge in [0, 0.05) is 6.54 Å². The van der Waals surface area contributed by atoms with Crippen molar-refractivity contribution in [3.63, 3.8) is 0 Å². The van der Waals surface area contributed by atoms with Crippen LogP contribution in [0.25, 0.3) is 0 Å². The van der Waals surface area contributed by atoms with Gasteiger partial charge >= 0.3 is 0 Å². The van der Waals surface area contributed by atoms with Crippen molar-refractivity contribution < 1.29 is 4.79 Å². The minimum Gasteiger partial charge on any atom is -0.356 e. The van der Waals surface area contributed by atoms with Crippen LogP contribution in [0.15, 0.2) is 0 Å². The lowest BCUT2D eigenvalue weighted by Crippen LogP contribution is -2.48. The van der Waals surface area contributed by atoms with E-state index in [-0.39, 0.29) is 5.41 Å². The molecule has 0 radical (unpaired) electrons. The molecule has 0 aromatic rings. The number of hydrogen-bond acceptors (Lipinski definition) is 1. The number of carbonyl (C=O) groups excluding carboxylic acids is 1. The van der Waals surface area contributed by atoms with Crippen LogP contribution in [0.2, 0.25) is 0 Å². The summed E-state index contributed by atoms with van der Waals surface area (Å²) < 4.78 is 0. The number of amides is 1. The number of nitrogens with one attached hydrogen (secondary N) is 1. The molecule has 72 valence electrons. The van der Waals surface area contributed by atoms with E-state index in [0.717, 1.165) is 18.4 Å². The molecule has 13 heavy (non-hydrogen) atoms. The van der Waals surface area contributed by atoms with Crippen LogP contribution in [-0.2, 0) is 4.79 Å². The molecule has 3 fully saturated rings. The van der Waals surface area contributed by atoms with E-state index in [9.17, 15) is 4.79 Å². The molecule has 3 aliphatic rings. The fourth-order valence-electron chi connectivity index (χ4n) is 3.92. The van der Waals surface area contributed by atoms with E-state index in [1.54, 1.807) is 0 Å². The monoisotopic (exact) mass is 179 g/mol. The summed E-state index contributed by atoms with van der Waals surface area (Å²) in [6.07, 6.45) is 7.61. The second-order valence-corrected chi connectivity index (χ2v) is 5.10. The fourth-order valence-corrected chi connectivity index (χ4v) is 3.92. The SMILES string of the molecule is O=C1NCCCC12CC1CCC2C1. The van der Waals surface area contributed by atoms with Gasteiger partial charge < -0.3 is 5.32 Å². The molecule has 2 aliphatic carbocycles. The van der Waals surface area contributed by atoms with Crippen molar-refractivity contribution in [2.75, 3.05) is 6.54 Å². The van der Waals surface area contributed by atoms with Gasteiger partial charge in [0.15, 0.2) is 0 Å². The zero-order valence-corrected chi connectivity index (χ0v) is 8.01. The molecule has 3 atom stereocenters. The summed E-state index contributed by atoms with van der Waals surface area (Å²) in [5, 5.41) is 3.06. The molecule has 1 saturated heterocycles. The first-order valence-corrected chi connectivity index (χ1v) is 5.59. The van der Waals surface area contributed by atoms with Gasteiger partial charge in [-0.05, 0) is 43.9 Å². The number of piperidine rings is 1. The third kappa shape index (κ3) is 0.918. The summed E-state index contributed by atoms with van der Waals surface area (Å²) in [5.74, 6) is 2.00. The van der Waals surface area contributed by atoms with E-state index < -0.39 is 0 Å². The zero-order chi connectivity index (χ0) is 8.89. The first-order valence-electron chi connectivity index (χ1n) is 5.59. The van der Waals surface area contributed by atoms with Crippen molar-refractivity contribution in [3.05, 3.63) is 0 Å². The Balaban J connectivity index is 1.91. The van der Waals surface area contributed by atoms with Crippen LogP contribution in [0.5, 0.6) is 0 Å². The molecular weight excluding hydrogens is 162 g/mol. The van der Waals surface area contributed by atoms with Crippen LogP contribution in [0.1, 0.15) is 38.5 Å². The van der Waals surface area contributed by atoms with Crippen LogP contribution in [0.3, 0.4) is 0 Å². The lowest BCUT2D eigenvalue weighted by atomic mass is 9.68. The maximum atomic E-state index is 11.9. The van der Waals surface area contributed by atoms with E-state index in [4.69, 9.17) is 0 Å². The van der Waals surface area contributed by atoms with Crippen LogP contribution in [0, 0.1) is 17.3 Å². The molecule has 0 aromatic carbocycles. The third-order valence-electron chi connectivity index (χ3n) is 4.51. The van der Waals surface area contributed by atoms with Gasteiger partial charge in [0.05, 0.1) is 5.41 Å². The average Bonchev–Trinajstić information content (AvgIpc) is 2.70. The molecule has 2 saturated carbocycles. The largest absolute Gasteiger partial charge is 0.356 e. The maximum Gasteiger partial charge on any atom is 0.226 e. The highest BCUT2D eigenvalue weighted by atomic mass is 16.2. The van der Waals surface area contributed by atoms with Gasteiger partial charge in [-0.1, -0.05) is 6.42 Å². The maximum absolute atomic E-state index is 11.9. The summed E-state index contributed by atoms with van der Waals surface area (Å²) in [5.41, 5.74) is 0.0984. The molecule has 2 nitrogen and oxygen atoms in total. The summed E-state index contributed by atoms with van der Waals surface area (Å²) in [6, 6.07) is 0. The lowest BCUT2D eigenvalue weighted by Gasteiger charge is -2.39. The van der Waals surface area contributed by atoms with E-state index >= 15 is 0 Å². The molecule has 1 spiro atoms. The Bertz CT molecular complexity index is 250.